The number of nitrogens with one attached hydrogen (secondary N) is 2. The molecule has 2 aromatic rings. The first kappa shape index (κ1) is 21.3. The van der Waals surface area contributed by atoms with Crippen molar-refractivity contribution in [2.24, 2.45) is 5.41 Å². The molecule has 0 aliphatic carbocycles. The quantitative estimate of drug-likeness (QED) is 0.677. The van der Waals surface area contributed by atoms with Crippen LogP contribution < -0.4 is 14.8 Å². The largest absolute Gasteiger partial charge is 0.497 e. The average Bonchev–Trinajstić information content (AvgIpc) is 3.08. The molecule has 2 rings (SSSR count). The van der Waals surface area contributed by atoms with Crippen molar-refractivity contribution in [3.05, 3.63) is 29.8 Å². The van der Waals surface area contributed by atoms with Crippen molar-refractivity contribution in [3.63, 3.8) is 0 Å². The molecular formula is C17H24N4O4S2. The highest BCUT2D eigenvalue weighted by Crippen LogP contribution is 2.26. The first-order chi connectivity index (χ1) is 12.6. The van der Waals surface area contributed by atoms with Gasteiger partial charge in [-0.1, -0.05) is 51.2 Å². The highest BCUT2D eigenvalue weighted by molar-refractivity contribution is 7.91. The van der Waals surface area contributed by atoms with E-state index in [-0.39, 0.29) is 15.4 Å². The van der Waals surface area contributed by atoms with Crippen molar-refractivity contribution in [1.29, 1.82) is 0 Å². The zero-order valence-electron chi connectivity index (χ0n) is 15.9. The molecule has 0 bridgehead atoms. The van der Waals surface area contributed by atoms with Gasteiger partial charge in [-0.15, -0.1) is 10.2 Å². The summed E-state index contributed by atoms with van der Waals surface area (Å²) in [5.41, 5.74) is 0.192. The maximum absolute atomic E-state index is 12.7. The molecular weight excluding hydrogens is 388 g/mol. The van der Waals surface area contributed by atoms with Gasteiger partial charge in [0.2, 0.25) is 15.4 Å². The van der Waals surface area contributed by atoms with Crippen molar-refractivity contribution in [2.75, 3.05) is 12.4 Å². The van der Waals surface area contributed by atoms with Gasteiger partial charge in [0.1, 0.15) is 5.75 Å². The molecule has 1 amide bonds. The Balaban J connectivity index is 2.16. The lowest BCUT2D eigenvalue weighted by atomic mass is 9.96. The first-order valence-corrected chi connectivity index (χ1v) is 10.7. The smallest absolute Gasteiger partial charge is 0.270 e. The Morgan fingerprint density at radius 3 is 2.37 bits per heavy atom. The normalized spacial score (nSPS) is 13.2. The average molecular weight is 413 g/mol. The number of aromatic nitrogens is 2. The lowest BCUT2D eigenvalue weighted by molar-refractivity contribution is -0.123. The van der Waals surface area contributed by atoms with Gasteiger partial charge in [0.05, 0.1) is 7.11 Å². The third-order valence-electron chi connectivity index (χ3n) is 3.76. The summed E-state index contributed by atoms with van der Waals surface area (Å²) in [6.45, 7) is 7.14. The monoisotopic (exact) mass is 412 g/mol. The molecule has 1 heterocycles. The molecule has 0 aliphatic heterocycles. The third kappa shape index (κ3) is 5.47. The zero-order chi connectivity index (χ0) is 20.2. The Morgan fingerprint density at radius 2 is 1.85 bits per heavy atom. The van der Waals surface area contributed by atoms with Crippen LogP contribution in [0.15, 0.2) is 28.6 Å². The van der Waals surface area contributed by atoms with Gasteiger partial charge >= 0.3 is 0 Å². The van der Waals surface area contributed by atoms with Crippen LogP contribution in [0, 0.1) is 5.41 Å². The summed E-state index contributed by atoms with van der Waals surface area (Å²) in [5.74, 6) is 0.431. The molecule has 0 radical (unpaired) electrons. The predicted molar refractivity (Wildman–Crippen MR) is 104 cm³/mol. The molecule has 0 aliphatic rings. The van der Waals surface area contributed by atoms with Gasteiger partial charge in [-0.05, 0) is 24.1 Å². The number of amides is 1. The summed E-state index contributed by atoms with van der Waals surface area (Å²) in [4.78, 5) is 12.0. The highest BCUT2D eigenvalue weighted by Gasteiger charge is 2.27. The zero-order valence-corrected chi connectivity index (χ0v) is 17.6. The number of anilines is 1. The molecule has 27 heavy (non-hydrogen) atoms. The molecule has 8 nitrogen and oxygen atoms in total. The van der Waals surface area contributed by atoms with Crippen molar-refractivity contribution in [2.45, 2.75) is 44.5 Å². The molecule has 0 saturated heterocycles. The van der Waals surface area contributed by atoms with E-state index in [1.54, 1.807) is 40.0 Å². The second-order valence-electron chi connectivity index (χ2n) is 6.93. The van der Waals surface area contributed by atoms with E-state index in [9.17, 15) is 13.2 Å². The molecule has 1 aromatic carbocycles. The van der Waals surface area contributed by atoms with Gasteiger partial charge in [0.15, 0.2) is 0 Å². The molecule has 1 atom stereocenters. The maximum Gasteiger partial charge on any atom is 0.270 e. The van der Waals surface area contributed by atoms with E-state index in [0.29, 0.717) is 12.2 Å². The maximum atomic E-state index is 12.7. The summed E-state index contributed by atoms with van der Waals surface area (Å²) in [5, 5.41) is 10.2. The molecule has 1 aromatic heterocycles. The van der Waals surface area contributed by atoms with Gasteiger partial charge < -0.3 is 10.1 Å². The number of hydrogen-bond acceptors (Lipinski definition) is 7. The fraction of sp³-hybridized carbons (Fsp3) is 0.471. The van der Waals surface area contributed by atoms with Gasteiger partial charge in [-0.3, -0.25) is 4.79 Å². The molecule has 148 valence electrons. The van der Waals surface area contributed by atoms with E-state index in [2.05, 4.69) is 20.2 Å². The summed E-state index contributed by atoms with van der Waals surface area (Å²) < 4.78 is 32.9. The standard InChI is InChI=1S/C17H24N4O4S2/c1-6-13(11-7-9-12(25-5)10-8-11)21-27(23,24)16-20-19-15(26-16)18-14(22)17(2,3)4/h7-10,13,21H,6H2,1-5H3,(H,18,19,22)/t13-/m1/s1. The number of benzene rings is 1. The fourth-order valence-electron chi connectivity index (χ4n) is 2.11. The van der Waals surface area contributed by atoms with Crippen LogP contribution in [0.3, 0.4) is 0 Å². The first-order valence-electron chi connectivity index (χ1n) is 8.38. The Labute approximate surface area is 163 Å². The van der Waals surface area contributed by atoms with Crippen LogP contribution in [0.5, 0.6) is 5.75 Å². The summed E-state index contributed by atoms with van der Waals surface area (Å²) >= 11 is 0.813. The Hall–Kier alpha value is -2.04. The lowest BCUT2D eigenvalue weighted by Crippen LogP contribution is -2.28. The molecule has 2 N–H and O–H groups in total. The Kier molecular flexibility index (Phi) is 6.55. The fourth-order valence-corrected chi connectivity index (χ4v) is 4.33. The minimum atomic E-state index is -3.87. The number of hydrogen-bond donors (Lipinski definition) is 2. The van der Waals surface area contributed by atoms with Crippen molar-refractivity contribution in [3.8, 4) is 5.75 Å². The molecule has 0 spiro atoms. The van der Waals surface area contributed by atoms with E-state index in [0.717, 1.165) is 16.9 Å². The lowest BCUT2D eigenvalue weighted by Gasteiger charge is -2.16. The van der Waals surface area contributed by atoms with E-state index in [1.165, 1.54) is 0 Å². The topological polar surface area (TPSA) is 110 Å². The minimum absolute atomic E-state index is 0.146. The van der Waals surface area contributed by atoms with Crippen LogP contribution in [-0.2, 0) is 14.8 Å². The number of nitrogens with zero attached hydrogens (tertiary/aromatic N) is 2. The number of carbonyl (C=O) groups is 1. The highest BCUT2D eigenvalue weighted by atomic mass is 32.2. The van der Waals surface area contributed by atoms with E-state index < -0.39 is 21.5 Å². The van der Waals surface area contributed by atoms with Gasteiger partial charge in [-0.2, -0.15) is 0 Å². The van der Waals surface area contributed by atoms with E-state index in [4.69, 9.17) is 4.74 Å². The van der Waals surface area contributed by atoms with Crippen LogP contribution in [-0.4, -0.2) is 31.6 Å². The summed E-state index contributed by atoms with van der Waals surface area (Å²) in [6.07, 6.45) is 0.554. The molecule has 0 fully saturated rings. The SMILES string of the molecule is CC[C@@H](NS(=O)(=O)c1nnc(NC(=O)C(C)(C)C)s1)c1ccc(OC)cc1. The summed E-state index contributed by atoms with van der Waals surface area (Å²) in [6, 6.07) is 6.75. The van der Waals surface area contributed by atoms with Crippen LogP contribution in [0.1, 0.15) is 45.7 Å². The number of carbonyl (C=O) groups excluding carboxylic acids is 1. The Morgan fingerprint density at radius 1 is 1.22 bits per heavy atom. The van der Waals surface area contributed by atoms with Crippen LogP contribution in [0.25, 0.3) is 0 Å². The second kappa shape index (κ2) is 8.32. The minimum Gasteiger partial charge on any atom is -0.497 e. The van der Waals surface area contributed by atoms with Crippen LogP contribution >= 0.6 is 11.3 Å². The number of ether oxygens (including phenoxy) is 1. The molecule has 10 heteroatoms. The second-order valence-corrected chi connectivity index (χ2v) is 9.80. The van der Waals surface area contributed by atoms with E-state index >= 15 is 0 Å². The third-order valence-corrected chi connectivity index (χ3v) is 6.44. The Bertz CT molecular complexity index is 886. The van der Waals surface area contributed by atoms with Crippen LogP contribution in [0.4, 0.5) is 5.13 Å². The van der Waals surface area contributed by atoms with E-state index in [1.807, 2.05) is 19.1 Å². The summed E-state index contributed by atoms with van der Waals surface area (Å²) in [7, 11) is -2.30. The van der Waals surface area contributed by atoms with Crippen molar-refractivity contribution < 1.29 is 17.9 Å². The van der Waals surface area contributed by atoms with Crippen LogP contribution in [0.2, 0.25) is 0 Å². The molecule has 0 saturated carbocycles. The molecule has 0 unspecified atom stereocenters. The van der Waals surface area contributed by atoms with Crippen molar-refractivity contribution >= 4 is 32.4 Å². The predicted octanol–water partition coefficient (Wildman–Crippen LogP) is 2.96. The van der Waals surface area contributed by atoms with Crippen molar-refractivity contribution in [1.82, 2.24) is 14.9 Å². The number of methoxy groups -OCH3 is 1. The van der Waals surface area contributed by atoms with Gasteiger partial charge in [-0.25, -0.2) is 13.1 Å². The van der Waals surface area contributed by atoms with Gasteiger partial charge in [0.25, 0.3) is 10.0 Å². The number of rotatable bonds is 7. The number of sulfonamides is 1. The van der Waals surface area contributed by atoms with Gasteiger partial charge in [0, 0.05) is 11.5 Å².